The molecule has 1 fully saturated rings. The van der Waals surface area contributed by atoms with Crippen LogP contribution in [0.1, 0.15) is 22.7 Å². The molecule has 16 heavy (non-hydrogen) atoms. The zero-order chi connectivity index (χ0) is 11.4. The lowest BCUT2D eigenvalue weighted by Gasteiger charge is -2.29. The summed E-state index contributed by atoms with van der Waals surface area (Å²) in [6, 6.07) is 5.10. The van der Waals surface area contributed by atoms with Crippen molar-refractivity contribution in [1.29, 1.82) is 0 Å². The van der Waals surface area contributed by atoms with E-state index in [2.05, 4.69) is 54.8 Å². The number of thioether (sulfide) groups is 2. The summed E-state index contributed by atoms with van der Waals surface area (Å²) in [7, 11) is 0. The lowest BCUT2D eigenvalue weighted by atomic mass is 10.2. The normalized spacial score (nSPS) is 23.2. The second kappa shape index (κ2) is 6.34. The Morgan fingerprint density at radius 2 is 2.31 bits per heavy atom. The number of hydrogen-bond donors (Lipinski definition) is 1. The second-order valence-electron chi connectivity index (χ2n) is 3.97. The highest BCUT2D eigenvalue weighted by Gasteiger charge is 2.26. The molecule has 1 aromatic heterocycles. The van der Waals surface area contributed by atoms with Crippen LogP contribution in [0.15, 0.2) is 12.1 Å². The van der Waals surface area contributed by atoms with E-state index < -0.39 is 0 Å². The molecular formula is C12H19NS3. The quantitative estimate of drug-likeness (QED) is 0.901. The Bertz CT molecular complexity index is 318. The van der Waals surface area contributed by atoms with Crippen LogP contribution in [0.4, 0.5) is 0 Å². The van der Waals surface area contributed by atoms with Gasteiger partial charge in [0.2, 0.25) is 0 Å². The van der Waals surface area contributed by atoms with Gasteiger partial charge in [-0.25, -0.2) is 0 Å². The van der Waals surface area contributed by atoms with Crippen molar-refractivity contribution in [1.82, 2.24) is 5.32 Å². The van der Waals surface area contributed by atoms with Crippen molar-refractivity contribution in [2.45, 2.75) is 25.1 Å². The van der Waals surface area contributed by atoms with Crippen LogP contribution in [-0.4, -0.2) is 29.1 Å². The summed E-state index contributed by atoms with van der Waals surface area (Å²) in [4.78, 5) is 2.94. The van der Waals surface area contributed by atoms with Gasteiger partial charge in [0.05, 0.1) is 6.04 Å². The average molecular weight is 273 g/mol. The van der Waals surface area contributed by atoms with Gasteiger partial charge in [-0.2, -0.15) is 23.5 Å². The molecule has 0 saturated carbocycles. The molecule has 1 aromatic rings. The molecule has 0 radical (unpaired) electrons. The van der Waals surface area contributed by atoms with Gasteiger partial charge in [0.15, 0.2) is 0 Å². The third-order valence-corrected chi connectivity index (χ3v) is 6.65. The maximum atomic E-state index is 3.66. The Labute approximate surface area is 111 Å². The lowest BCUT2D eigenvalue weighted by Crippen LogP contribution is -2.33. The maximum Gasteiger partial charge on any atom is 0.0543 e. The molecule has 90 valence electrons. The smallest absolute Gasteiger partial charge is 0.0543 e. The number of rotatable bonds is 4. The predicted molar refractivity (Wildman–Crippen MR) is 79.0 cm³/mol. The molecule has 1 nitrogen and oxygen atoms in total. The van der Waals surface area contributed by atoms with E-state index in [0.717, 1.165) is 11.8 Å². The van der Waals surface area contributed by atoms with Crippen LogP contribution in [-0.2, 0) is 0 Å². The first-order valence-corrected chi connectivity index (χ1v) is 8.82. The zero-order valence-electron chi connectivity index (χ0n) is 9.86. The third kappa shape index (κ3) is 3.19. The first-order valence-electron chi connectivity index (χ1n) is 5.80. The Balaban J connectivity index is 2.09. The molecule has 0 aliphatic carbocycles. The molecule has 2 heterocycles. The number of nitrogens with one attached hydrogen (secondary N) is 1. The third-order valence-electron chi connectivity index (χ3n) is 2.71. The SMILES string of the molecule is CCNC(c1ccc(C)s1)C1CSCCS1. The standard InChI is InChI=1S/C12H19NS3/c1-3-13-12(10-5-4-9(2)16-10)11-8-14-6-7-15-11/h4-5,11-13H,3,6-8H2,1-2H3. The van der Waals surface area contributed by atoms with Crippen LogP contribution in [0, 0.1) is 6.92 Å². The van der Waals surface area contributed by atoms with E-state index in [-0.39, 0.29) is 0 Å². The van der Waals surface area contributed by atoms with Crippen LogP contribution in [0.2, 0.25) is 0 Å². The van der Waals surface area contributed by atoms with Gasteiger partial charge in [0.25, 0.3) is 0 Å². The van der Waals surface area contributed by atoms with E-state index in [1.165, 1.54) is 27.0 Å². The van der Waals surface area contributed by atoms with E-state index in [9.17, 15) is 0 Å². The van der Waals surface area contributed by atoms with Gasteiger partial charge >= 0.3 is 0 Å². The maximum absolute atomic E-state index is 3.66. The minimum absolute atomic E-state index is 0.557. The van der Waals surface area contributed by atoms with Crippen LogP contribution < -0.4 is 5.32 Å². The van der Waals surface area contributed by atoms with Crippen LogP contribution in [0.5, 0.6) is 0 Å². The monoisotopic (exact) mass is 273 g/mol. The van der Waals surface area contributed by atoms with Crippen molar-refractivity contribution >= 4 is 34.9 Å². The van der Waals surface area contributed by atoms with Crippen LogP contribution in [0.25, 0.3) is 0 Å². The molecule has 0 amide bonds. The molecular weight excluding hydrogens is 254 g/mol. The molecule has 1 aliphatic rings. The van der Waals surface area contributed by atoms with Crippen LogP contribution >= 0.6 is 34.9 Å². The summed E-state index contributed by atoms with van der Waals surface area (Å²) in [6.07, 6.45) is 0. The summed E-state index contributed by atoms with van der Waals surface area (Å²) in [6.45, 7) is 5.46. The van der Waals surface area contributed by atoms with Gasteiger partial charge < -0.3 is 5.32 Å². The fourth-order valence-electron chi connectivity index (χ4n) is 1.95. The van der Waals surface area contributed by atoms with Gasteiger partial charge in [-0.1, -0.05) is 6.92 Å². The molecule has 1 N–H and O–H groups in total. The van der Waals surface area contributed by atoms with Crippen molar-refractivity contribution in [2.75, 3.05) is 23.8 Å². The van der Waals surface area contributed by atoms with Gasteiger partial charge in [-0.3, -0.25) is 0 Å². The summed E-state index contributed by atoms with van der Waals surface area (Å²) >= 11 is 6.19. The Morgan fingerprint density at radius 1 is 1.44 bits per heavy atom. The van der Waals surface area contributed by atoms with Crippen molar-refractivity contribution in [3.8, 4) is 0 Å². The summed E-state index contributed by atoms with van der Waals surface area (Å²) in [5.74, 6) is 3.92. The number of hydrogen-bond acceptors (Lipinski definition) is 4. The fourth-order valence-corrected chi connectivity index (χ4v) is 5.92. The van der Waals surface area contributed by atoms with Crippen molar-refractivity contribution in [3.05, 3.63) is 21.9 Å². The van der Waals surface area contributed by atoms with E-state index in [4.69, 9.17) is 0 Å². The molecule has 4 heteroatoms. The van der Waals surface area contributed by atoms with Crippen molar-refractivity contribution in [3.63, 3.8) is 0 Å². The van der Waals surface area contributed by atoms with E-state index in [1.54, 1.807) is 0 Å². The lowest BCUT2D eigenvalue weighted by molar-refractivity contribution is 0.559. The number of aryl methyl sites for hydroxylation is 1. The summed E-state index contributed by atoms with van der Waals surface area (Å²) < 4.78 is 0. The molecule has 1 aliphatic heterocycles. The van der Waals surface area contributed by atoms with Gasteiger partial charge in [-0.05, 0) is 25.6 Å². The van der Waals surface area contributed by atoms with E-state index in [1.807, 2.05) is 11.3 Å². The molecule has 2 unspecified atom stereocenters. The Morgan fingerprint density at radius 3 is 2.88 bits per heavy atom. The van der Waals surface area contributed by atoms with Crippen molar-refractivity contribution < 1.29 is 0 Å². The first kappa shape index (κ1) is 12.8. The molecule has 0 bridgehead atoms. The van der Waals surface area contributed by atoms with E-state index >= 15 is 0 Å². The predicted octanol–water partition coefficient (Wildman–Crippen LogP) is 3.56. The van der Waals surface area contributed by atoms with Gasteiger partial charge in [0.1, 0.15) is 0 Å². The van der Waals surface area contributed by atoms with E-state index in [0.29, 0.717) is 6.04 Å². The van der Waals surface area contributed by atoms with Gasteiger partial charge in [-0.15, -0.1) is 11.3 Å². The fraction of sp³-hybridized carbons (Fsp3) is 0.667. The summed E-state index contributed by atoms with van der Waals surface area (Å²) in [5.41, 5.74) is 0. The molecule has 2 atom stereocenters. The average Bonchev–Trinajstić information content (AvgIpc) is 2.74. The number of thiophene rings is 1. The van der Waals surface area contributed by atoms with Crippen LogP contribution in [0.3, 0.4) is 0 Å². The Hall–Kier alpha value is 0.360. The highest BCUT2D eigenvalue weighted by atomic mass is 32.2. The highest BCUT2D eigenvalue weighted by molar-refractivity contribution is 8.06. The van der Waals surface area contributed by atoms with Crippen molar-refractivity contribution in [2.24, 2.45) is 0 Å². The summed E-state index contributed by atoms with van der Waals surface area (Å²) in [5, 5.41) is 4.41. The zero-order valence-corrected chi connectivity index (χ0v) is 12.3. The molecule has 2 rings (SSSR count). The minimum Gasteiger partial charge on any atom is -0.309 e. The van der Waals surface area contributed by atoms with Gasteiger partial charge in [0, 0.05) is 32.3 Å². The minimum atomic E-state index is 0.557. The topological polar surface area (TPSA) is 12.0 Å². The molecule has 1 saturated heterocycles. The first-order chi connectivity index (χ1) is 7.81. The Kier molecular flexibility index (Phi) is 5.07. The second-order valence-corrected chi connectivity index (χ2v) is 7.78. The highest BCUT2D eigenvalue weighted by Crippen LogP contribution is 2.36. The largest absolute Gasteiger partial charge is 0.309 e. The molecule has 0 spiro atoms. The molecule has 0 aromatic carbocycles.